The Morgan fingerprint density at radius 3 is 3.13 bits per heavy atom. The number of hydrogen-bond donors (Lipinski definition) is 2. The number of fused-ring (bicyclic) bond motifs is 1. The maximum Gasteiger partial charge on any atom is 0.270 e. The molecular weight excluding hydrogens is 297 g/mol. The number of aromatic amines is 2. The van der Waals surface area contributed by atoms with E-state index in [1.165, 1.54) is 4.90 Å². The number of aromatic nitrogens is 3. The highest BCUT2D eigenvalue weighted by Gasteiger charge is 2.17. The van der Waals surface area contributed by atoms with E-state index in [9.17, 15) is 9.18 Å². The fraction of sp³-hybridized carbons (Fsp3) is 0.188. The van der Waals surface area contributed by atoms with E-state index in [1.807, 2.05) is 6.07 Å². The van der Waals surface area contributed by atoms with Crippen molar-refractivity contribution in [2.24, 2.45) is 0 Å². The summed E-state index contributed by atoms with van der Waals surface area (Å²) in [5, 5.41) is 9.24. The largest absolute Gasteiger partial charge is 0.357 e. The summed E-state index contributed by atoms with van der Waals surface area (Å²) in [6.45, 7) is 0.343. The highest BCUT2D eigenvalue weighted by Crippen LogP contribution is 2.30. The number of rotatable bonds is 4. The lowest BCUT2D eigenvalue weighted by molar-refractivity contribution is 0.0793. The molecule has 0 aliphatic heterocycles. The molecule has 0 bridgehead atoms. The van der Waals surface area contributed by atoms with Gasteiger partial charge in [0.15, 0.2) is 0 Å². The molecule has 1 amide bonds. The van der Waals surface area contributed by atoms with Gasteiger partial charge in [-0.15, -0.1) is 0 Å². The van der Waals surface area contributed by atoms with Crippen LogP contribution in [0.5, 0.6) is 0 Å². The quantitative estimate of drug-likeness (QED) is 0.776. The van der Waals surface area contributed by atoms with E-state index in [0.717, 1.165) is 6.20 Å². The van der Waals surface area contributed by atoms with Crippen LogP contribution in [0.3, 0.4) is 0 Å². The zero-order valence-corrected chi connectivity index (χ0v) is 12.4. The van der Waals surface area contributed by atoms with Gasteiger partial charge in [-0.3, -0.25) is 4.79 Å². The van der Waals surface area contributed by atoms with Crippen molar-refractivity contribution in [2.75, 3.05) is 13.6 Å². The van der Waals surface area contributed by atoms with Crippen molar-refractivity contribution in [1.82, 2.24) is 19.9 Å². The first-order valence-corrected chi connectivity index (χ1v) is 7.04. The van der Waals surface area contributed by atoms with Crippen LogP contribution in [0.15, 0.2) is 30.7 Å². The van der Waals surface area contributed by atoms with Gasteiger partial charge in [0.05, 0.1) is 18.7 Å². The van der Waals surface area contributed by atoms with Crippen molar-refractivity contribution < 1.29 is 10.6 Å². The molecule has 7 heteroatoms. The van der Waals surface area contributed by atoms with Crippen LogP contribution in [-0.2, 0) is 0 Å². The lowest BCUT2D eigenvalue weighted by Gasteiger charge is -2.13. The summed E-state index contributed by atoms with van der Waals surface area (Å²) in [6.07, 6.45) is 4.70. The smallest absolute Gasteiger partial charge is 0.270 e. The molecule has 6 nitrogen and oxygen atoms in total. The molecule has 0 radical (unpaired) electrons. The van der Waals surface area contributed by atoms with Crippen molar-refractivity contribution in [1.29, 1.82) is 5.26 Å². The molecule has 0 fully saturated rings. The molecule has 0 saturated heterocycles. The Morgan fingerprint density at radius 2 is 2.35 bits per heavy atom. The number of nitrogens with one attached hydrogen (secondary N) is 2. The van der Waals surface area contributed by atoms with Gasteiger partial charge in [0.2, 0.25) is 0 Å². The fourth-order valence-corrected chi connectivity index (χ4v) is 2.46. The lowest BCUT2D eigenvalue weighted by atomic mass is 10.1. The maximum atomic E-state index is 14.2. The number of carbonyl (C=O) groups excluding carboxylic acids is 1. The van der Waals surface area contributed by atoms with Crippen LogP contribution >= 0.6 is 0 Å². The van der Waals surface area contributed by atoms with Gasteiger partial charge in [0, 0.05) is 43.9 Å². The minimum atomic E-state index is -0.451. The number of carbonyl (C=O) groups is 1. The van der Waals surface area contributed by atoms with Crippen LogP contribution in [-0.4, -0.2) is 39.4 Å². The van der Waals surface area contributed by atoms with Gasteiger partial charge in [0.1, 0.15) is 17.2 Å². The van der Waals surface area contributed by atoms with Crippen LogP contribution in [0.4, 0.5) is 4.39 Å². The highest BCUT2D eigenvalue weighted by atomic mass is 19.1. The van der Waals surface area contributed by atoms with Crippen LogP contribution < -0.4 is 0 Å². The standard InChI is InChI=1S/C16H14FN5O.H2/c1-22(6-2-4-18)16(23)13-7-10(8-20-13)14-11-3-5-19-15(11)21-9-12(14)17;/h3,5,7-9,20H,2,6H2,1H3,(H,19,21);1H. The lowest BCUT2D eigenvalue weighted by Crippen LogP contribution is -2.27. The van der Waals surface area contributed by atoms with E-state index in [2.05, 4.69) is 15.0 Å². The van der Waals surface area contributed by atoms with E-state index >= 15 is 0 Å². The molecule has 0 aliphatic rings. The summed E-state index contributed by atoms with van der Waals surface area (Å²) in [5.74, 6) is -0.695. The van der Waals surface area contributed by atoms with Crippen LogP contribution in [0.1, 0.15) is 18.3 Å². The van der Waals surface area contributed by atoms with Crippen LogP contribution in [0.25, 0.3) is 22.2 Å². The van der Waals surface area contributed by atoms with Gasteiger partial charge in [-0.25, -0.2) is 9.37 Å². The first-order chi connectivity index (χ1) is 11.1. The summed E-state index contributed by atoms with van der Waals surface area (Å²) < 4.78 is 14.2. The van der Waals surface area contributed by atoms with Crippen molar-refractivity contribution >= 4 is 16.9 Å². The van der Waals surface area contributed by atoms with E-state index in [-0.39, 0.29) is 13.8 Å². The first kappa shape index (κ1) is 14.8. The predicted molar refractivity (Wildman–Crippen MR) is 85.1 cm³/mol. The second kappa shape index (κ2) is 5.93. The Bertz CT molecular complexity index is 911. The molecule has 3 aromatic rings. The van der Waals surface area contributed by atoms with E-state index in [0.29, 0.717) is 34.4 Å². The van der Waals surface area contributed by atoms with E-state index < -0.39 is 5.82 Å². The summed E-state index contributed by atoms with van der Waals surface area (Å²) in [7, 11) is 1.62. The number of H-pyrrole nitrogens is 2. The predicted octanol–water partition coefficient (Wildman–Crippen LogP) is 2.93. The third-order valence-corrected chi connectivity index (χ3v) is 3.65. The molecule has 23 heavy (non-hydrogen) atoms. The van der Waals surface area contributed by atoms with Crippen LogP contribution in [0, 0.1) is 17.1 Å². The van der Waals surface area contributed by atoms with Gasteiger partial charge >= 0.3 is 0 Å². The average molecular weight is 313 g/mol. The van der Waals surface area contributed by atoms with E-state index in [4.69, 9.17) is 5.26 Å². The highest BCUT2D eigenvalue weighted by molar-refractivity contribution is 5.97. The molecule has 0 aliphatic carbocycles. The molecule has 0 saturated carbocycles. The Labute approximate surface area is 133 Å². The second-order valence-corrected chi connectivity index (χ2v) is 5.16. The van der Waals surface area contributed by atoms with Crippen molar-refractivity contribution in [3.8, 4) is 17.2 Å². The van der Waals surface area contributed by atoms with Gasteiger partial charge in [-0.05, 0) is 12.1 Å². The molecule has 0 atom stereocenters. The SMILES string of the molecule is CN(CCC#N)C(=O)c1cc(-c2c(F)cnc3[nH]ccc23)c[nH]1.[HH]. The number of pyridine rings is 1. The Balaban J connectivity index is 0.00000208. The molecule has 0 unspecified atom stereocenters. The summed E-state index contributed by atoms with van der Waals surface area (Å²) in [6, 6.07) is 5.35. The van der Waals surface area contributed by atoms with Crippen molar-refractivity contribution in [2.45, 2.75) is 6.42 Å². The number of nitrogens with zero attached hydrogens (tertiary/aromatic N) is 3. The Kier molecular flexibility index (Phi) is 3.81. The van der Waals surface area contributed by atoms with Crippen molar-refractivity contribution in [3.05, 3.63) is 42.2 Å². The molecule has 3 rings (SSSR count). The normalized spacial score (nSPS) is 10.7. The summed E-state index contributed by atoms with van der Waals surface area (Å²) in [4.78, 5) is 23.5. The molecule has 3 aromatic heterocycles. The molecular formula is C16H16FN5O. The molecule has 118 valence electrons. The monoisotopic (exact) mass is 313 g/mol. The number of amides is 1. The topological polar surface area (TPSA) is 88.6 Å². The maximum absolute atomic E-state index is 14.2. The molecule has 0 spiro atoms. The first-order valence-electron chi connectivity index (χ1n) is 7.04. The Morgan fingerprint density at radius 1 is 1.52 bits per heavy atom. The summed E-state index contributed by atoms with van der Waals surface area (Å²) >= 11 is 0. The number of halogens is 1. The van der Waals surface area contributed by atoms with E-state index in [1.54, 1.807) is 31.6 Å². The number of hydrogen-bond acceptors (Lipinski definition) is 3. The Hall–Kier alpha value is -3.14. The van der Waals surface area contributed by atoms with Gasteiger partial charge < -0.3 is 14.9 Å². The van der Waals surface area contributed by atoms with Gasteiger partial charge in [-0.1, -0.05) is 0 Å². The molecule has 3 heterocycles. The molecule has 0 aromatic carbocycles. The number of nitriles is 1. The third kappa shape index (κ3) is 2.66. The minimum Gasteiger partial charge on any atom is -0.357 e. The fourth-order valence-electron chi connectivity index (χ4n) is 2.46. The zero-order valence-electron chi connectivity index (χ0n) is 12.4. The molecule has 2 N–H and O–H groups in total. The van der Waals surface area contributed by atoms with Crippen molar-refractivity contribution in [3.63, 3.8) is 0 Å². The average Bonchev–Trinajstić information content (AvgIpc) is 3.20. The van der Waals surface area contributed by atoms with Gasteiger partial charge in [-0.2, -0.15) is 5.26 Å². The summed E-state index contributed by atoms with van der Waals surface area (Å²) in [5.41, 5.74) is 1.90. The van der Waals surface area contributed by atoms with Gasteiger partial charge in [0.25, 0.3) is 5.91 Å². The zero-order chi connectivity index (χ0) is 16.4. The third-order valence-electron chi connectivity index (χ3n) is 3.65. The minimum absolute atomic E-state index is 0. The second-order valence-electron chi connectivity index (χ2n) is 5.16. The van der Waals surface area contributed by atoms with Crippen LogP contribution in [0.2, 0.25) is 0 Å².